The number of hydrogen-bond donors (Lipinski definition) is 1. The molecule has 1 atom stereocenters. The molecule has 2 rings (SSSR count). The molecule has 0 aromatic heterocycles. The zero-order valence-corrected chi connectivity index (χ0v) is 16.1. The standard InChI is InChI=1S/C22H29NO3/c1-16(2)25-21-9-5-7-19(15-21)8-6-14-23-22(24)18(4)26-20-12-10-17(3)11-13-20/h5,7,9-13,15-16,18H,6,8,14H2,1-4H3,(H,23,24). The normalized spacial score (nSPS) is 11.9. The number of carbonyl (C=O) groups is 1. The minimum absolute atomic E-state index is 0.0949. The number of amides is 1. The van der Waals surface area contributed by atoms with Gasteiger partial charge in [-0.25, -0.2) is 0 Å². The highest BCUT2D eigenvalue weighted by atomic mass is 16.5. The smallest absolute Gasteiger partial charge is 0.260 e. The monoisotopic (exact) mass is 355 g/mol. The van der Waals surface area contributed by atoms with Gasteiger partial charge in [0.1, 0.15) is 11.5 Å². The Bertz CT molecular complexity index is 695. The zero-order chi connectivity index (χ0) is 18.9. The molecule has 1 amide bonds. The minimum atomic E-state index is -0.513. The van der Waals surface area contributed by atoms with Crippen LogP contribution in [0.1, 0.15) is 38.3 Å². The Morgan fingerprint density at radius 1 is 1.00 bits per heavy atom. The molecule has 0 saturated heterocycles. The third kappa shape index (κ3) is 6.79. The van der Waals surface area contributed by atoms with Gasteiger partial charge in [0.2, 0.25) is 0 Å². The maximum Gasteiger partial charge on any atom is 0.260 e. The lowest BCUT2D eigenvalue weighted by atomic mass is 10.1. The predicted molar refractivity (Wildman–Crippen MR) is 105 cm³/mol. The molecule has 0 aliphatic rings. The van der Waals surface area contributed by atoms with Crippen LogP contribution >= 0.6 is 0 Å². The number of hydrogen-bond acceptors (Lipinski definition) is 3. The number of ether oxygens (including phenoxy) is 2. The average molecular weight is 355 g/mol. The average Bonchev–Trinajstić information content (AvgIpc) is 2.60. The summed E-state index contributed by atoms with van der Waals surface area (Å²) in [5.41, 5.74) is 2.37. The van der Waals surface area contributed by atoms with Gasteiger partial charge in [-0.15, -0.1) is 0 Å². The number of benzene rings is 2. The molecule has 0 bridgehead atoms. The maximum absolute atomic E-state index is 12.1. The van der Waals surface area contributed by atoms with Crippen molar-refractivity contribution in [1.82, 2.24) is 5.32 Å². The van der Waals surface area contributed by atoms with E-state index >= 15 is 0 Å². The predicted octanol–water partition coefficient (Wildman–Crippen LogP) is 4.30. The molecule has 0 heterocycles. The molecule has 0 fully saturated rings. The van der Waals surface area contributed by atoms with Crippen LogP contribution in [0.15, 0.2) is 48.5 Å². The zero-order valence-electron chi connectivity index (χ0n) is 16.1. The van der Waals surface area contributed by atoms with Crippen LogP contribution in [-0.4, -0.2) is 24.7 Å². The number of rotatable bonds is 9. The lowest BCUT2D eigenvalue weighted by molar-refractivity contribution is -0.127. The van der Waals surface area contributed by atoms with E-state index in [1.807, 2.05) is 57.2 Å². The highest BCUT2D eigenvalue weighted by molar-refractivity contribution is 5.80. The fourth-order valence-corrected chi connectivity index (χ4v) is 2.57. The number of aryl methyl sites for hydroxylation is 2. The maximum atomic E-state index is 12.1. The largest absolute Gasteiger partial charge is 0.491 e. The summed E-state index contributed by atoms with van der Waals surface area (Å²) in [6, 6.07) is 15.8. The third-order valence-corrected chi connectivity index (χ3v) is 3.91. The van der Waals surface area contributed by atoms with E-state index in [-0.39, 0.29) is 12.0 Å². The Balaban J connectivity index is 1.71. The fourth-order valence-electron chi connectivity index (χ4n) is 2.57. The molecule has 4 nitrogen and oxygen atoms in total. The van der Waals surface area contributed by atoms with Gasteiger partial charge in [-0.1, -0.05) is 29.8 Å². The highest BCUT2D eigenvalue weighted by Gasteiger charge is 2.13. The van der Waals surface area contributed by atoms with Crippen LogP contribution in [-0.2, 0) is 11.2 Å². The Labute approximate surface area is 156 Å². The van der Waals surface area contributed by atoms with Crippen LogP contribution in [0.3, 0.4) is 0 Å². The second kappa shape index (κ2) is 9.85. The summed E-state index contributed by atoms with van der Waals surface area (Å²) in [6.07, 6.45) is 1.41. The SMILES string of the molecule is Cc1ccc(OC(C)C(=O)NCCCc2cccc(OC(C)C)c2)cc1. The van der Waals surface area contributed by atoms with E-state index in [0.717, 1.165) is 24.2 Å². The summed E-state index contributed by atoms with van der Waals surface area (Å²) in [5.74, 6) is 1.50. The minimum Gasteiger partial charge on any atom is -0.491 e. The summed E-state index contributed by atoms with van der Waals surface area (Å²) in [6.45, 7) is 8.44. The first-order valence-electron chi connectivity index (χ1n) is 9.20. The molecule has 2 aromatic rings. The second-order valence-corrected chi connectivity index (χ2v) is 6.78. The van der Waals surface area contributed by atoms with E-state index in [4.69, 9.17) is 9.47 Å². The van der Waals surface area contributed by atoms with Crippen LogP contribution in [0, 0.1) is 6.92 Å². The van der Waals surface area contributed by atoms with Gasteiger partial charge in [-0.3, -0.25) is 4.79 Å². The van der Waals surface area contributed by atoms with Crippen LogP contribution in [0.25, 0.3) is 0 Å². The van der Waals surface area contributed by atoms with Gasteiger partial charge in [-0.05, 0) is 70.4 Å². The van der Waals surface area contributed by atoms with Crippen LogP contribution in [0.4, 0.5) is 0 Å². The van der Waals surface area contributed by atoms with Crippen molar-refractivity contribution < 1.29 is 14.3 Å². The summed E-state index contributed by atoms with van der Waals surface area (Å²) >= 11 is 0. The van der Waals surface area contributed by atoms with Crippen molar-refractivity contribution in [2.75, 3.05) is 6.54 Å². The van der Waals surface area contributed by atoms with E-state index in [1.165, 1.54) is 5.56 Å². The molecule has 0 aliphatic carbocycles. The van der Waals surface area contributed by atoms with Gasteiger partial charge in [0.25, 0.3) is 5.91 Å². The summed E-state index contributed by atoms with van der Waals surface area (Å²) in [7, 11) is 0. The molecule has 2 aromatic carbocycles. The van der Waals surface area contributed by atoms with Crippen molar-refractivity contribution in [3.05, 3.63) is 59.7 Å². The lowest BCUT2D eigenvalue weighted by Gasteiger charge is -2.15. The molecule has 0 radical (unpaired) electrons. The molecular weight excluding hydrogens is 326 g/mol. The van der Waals surface area contributed by atoms with Crippen molar-refractivity contribution in [1.29, 1.82) is 0 Å². The van der Waals surface area contributed by atoms with Gasteiger partial charge in [0, 0.05) is 6.54 Å². The second-order valence-electron chi connectivity index (χ2n) is 6.78. The van der Waals surface area contributed by atoms with Crippen molar-refractivity contribution in [3.63, 3.8) is 0 Å². The topological polar surface area (TPSA) is 47.6 Å². The first-order valence-corrected chi connectivity index (χ1v) is 9.20. The summed E-state index contributed by atoms with van der Waals surface area (Å²) < 4.78 is 11.4. The number of nitrogens with one attached hydrogen (secondary N) is 1. The summed E-state index contributed by atoms with van der Waals surface area (Å²) in [4.78, 5) is 12.1. The van der Waals surface area contributed by atoms with Gasteiger partial charge >= 0.3 is 0 Å². The van der Waals surface area contributed by atoms with E-state index in [0.29, 0.717) is 12.3 Å². The molecule has 4 heteroatoms. The quantitative estimate of drug-likeness (QED) is 0.682. The van der Waals surface area contributed by atoms with Gasteiger partial charge in [-0.2, -0.15) is 0 Å². The molecule has 26 heavy (non-hydrogen) atoms. The Hall–Kier alpha value is -2.49. The van der Waals surface area contributed by atoms with E-state index in [2.05, 4.69) is 17.4 Å². The van der Waals surface area contributed by atoms with Crippen LogP contribution in [0.2, 0.25) is 0 Å². The van der Waals surface area contributed by atoms with Crippen LogP contribution in [0.5, 0.6) is 11.5 Å². The van der Waals surface area contributed by atoms with Gasteiger partial charge < -0.3 is 14.8 Å². The third-order valence-electron chi connectivity index (χ3n) is 3.91. The Kier molecular flexibility index (Phi) is 7.52. The molecule has 140 valence electrons. The first kappa shape index (κ1) is 19.8. The van der Waals surface area contributed by atoms with Crippen molar-refractivity contribution >= 4 is 5.91 Å². The molecule has 0 aliphatic heterocycles. The van der Waals surface area contributed by atoms with Crippen LogP contribution < -0.4 is 14.8 Å². The fraction of sp³-hybridized carbons (Fsp3) is 0.409. The Morgan fingerprint density at radius 3 is 2.42 bits per heavy atom. The van der Waals surface area contributed by atoms with Gasteiger partial charge in [0.15, 0.2) is 6.10 Å². The van der Waals surface area contributed by atoms with E-state index in [1.54, 1.807) is 6.92 Å². The Morgan fingerprint density at radius 2 is 1.73 bits per heavy atom. The molecule has 0 saturated carbocycles. The molecular formula is C22H29NO3. The first-order chi connectivity index (χ1) is 12.4. The van der Waals surface area contributed by atoms with E-state index in [9.17, 15) is 4.79 Å². The van der Waals surface area contributed by atoms with Crippen molar-refractivity contribution in [2.45, 2.75) is 52.7 Å². The lowest BCUT2D eigenvalue weighted by Crippen LogP contribution is -2.36. The molecule has 0 spiro atoms. The van der Waals surface area contributed by atoms with Crippen molar-refractivity contribution in [3.8, 4) is 11.5 Å². The highest BCUT2D eigenvalue weighted by Crippen LogP contribution is 2.16. The number of carbonyl (C=O) groups excluding carboxylic acids is 1. The van der Waals surface area contributed by atoms with Gasteiger partial charge in [0.05, 0.1) is 6.10 Å². The van der Waals surface area contributed by atoms with Crippen molar-refractivity contribution in [2.24, 2.45) is 0 Å². The molecule has 1 N–H and O–H groups in total. The molecule has 1 unspecified atom stereocenters. The summed E-state index contributed by atoms with van der Waals surface area (Å²) in [5, 5.41) is 2.94. The van der Waals surface area contributed by atoms with E-state index < -0.39 is 6.10 Å².